The molecule has 120 valence electrons. The Labute approximate surface area is 121 Å². The third-order valence-electron chi connectivity index (χ3n) is 2.91. The van der Waals surface area contributed by atoms with Crippen molar-refractivity contribution >= 4 is 5.97 Å². The zero-order valence-electron chi connectivity index (χ0n) is 13.1. The molecular formula is C14H28O6. The van der Waals surface area contributed by atoms with E-state index in [0.717, 1.165) is 19.6 Å². The largest absolute Gasteiger partial charge is 0.467 e. The molecule has 0 saturated carbocycles. The molecule has 2 fully saturated rings. The summed E-state index contributed by atoms with van der Waals surface area (Å²) in [4.78, 5) is 11.1. The molecule has 20 heavy (non-hydrogen) atoms. The highest BCUT2D eigenvalue weighted by Crippen LogP contribution is 2.24. The number of carbonyl (C=O) groups excluding carboxylic acids is 1. The number of esters is 1. The van der Waals surface area contributed by atoms with Gasteiger partial charge >= 0.3 is 5.97 Å². The highest BCUT2D eigenvalue weighted by Gasteiger charge is 2.33. The summed E-state index contributed by atoms with van der Waals surface area (Å²) in [7, 11) is 1.32. The van der Waals surface area contributed by atoms with E-state index in [-0.39, 0.29) is 12.2 Å². The maximum Gasteiger partial charge on any atom is 0.335 e. The first-order chi connectivity index (χ1) is 9.54. The fourth-order valence-corrected chi connectivity index (χ4v) is 1.81. The van der Waals surface area contributed by atoms with Crippen LogP contribution in [0.4, 0.5) is 0 Å². The van der Waals surface area contributed by atoms with Gasteiger partial charge in [0, 0.05) is 0 Å². The molecule has 2 aliphatic heterocycles. The summed E-state index contributed by atoms with van der Waals surface area (Å²) < 4.78 is 19.4. The van der Waals surface area contributed by atoms with Gasteiger partial charge in [-0.3, -0.25) is 0 Å². The number of aliphatic hydroxyl groups is 1. The summed E-state index contributed by atoms with van der Waals surface area (Å²) in [6.07, 6.45) is 0.0179. The number of aliphatic hydroxyl groups excluding tert-OH is 1. The van der Waals surface area contributed by atoms with Crippen LogP contribution < -0.4 is 0 Å². The highest BCUT2D eigenvalue weighted by atomic mass is 16.7. The number of rotatable bonds is 1. The average Bonchev–Trinajstić information content (AvgIpc) is 2.94. The number of hydrogen-bond donors (Lipinski definition) is 1. The van der Waals surface area contributed by atoms with Gasteiger partial charge in [-0.05, 0) is 25.7 Å². The minimum atomic E-state index is -0.815. The van der Waals surface area contributed by atoms with Crippen molar-refractivity contribution in [1.82, 2.24) is 0 Å². The Balaban J connectivity index is 0.000000377. The molecule has 0 bridgehead atoms. The van der Waals surface area contributed by atoms with Crippen molar-refractivity contribution in [2.75, 3.05) is 20.3 Å². The molecule has 6 nitrogen and oxygen atoms in total. The Morgan fingerprint density at radius 3 is 2.10 bits per heavy atom. The summed E-state index contributed by atoms with van der Waals surface area (Å²) in [6, 6.07) is 0. The number of hydrogen-bond acceptors (Lipinski definition) is 6. The Morgan fingerprint density at radius 1 is 1.15 bits per heavy atom. The van der Waals surface area contributed by atoms with Gasteiger partial charge in [0.15, 0.2) is 18.7 Å². The molecule has 2 aliphatic rings. The lowest BCUT2D eigenvalue weighted by molar-refractivity contribution is -0.201. The predicted molar refractivity (Wildman–Crippen MR) is 74.0 cm³/mol. The first kappa shape index (κ1) is 19.3. The second-order valence-corrected chi connectivity index (χ2v) is 4.40. The Bertz CT molecular complexity index is 252. The summed E-state index contributed by atoms with van der Waals surface area (Å²) in [5, 5.41) is 9.11. The van der Waals surface area contributed by atoms with Gasteiger partial charge in [-0.2, -0.15) is 0 Å². The lowest BCUT2D eigenvalue weighted by atomic mass is 9.96. The molecule has 0 aromatic heterocycles. The molecule has 3 unspecified atom stereocenters. The van der Waals surface area contributed by atoms with Crippen molar-refractivity contribution in [3.05, 3.63) is 0 Å². The topological polar surface area (TPSA) is 74.2 Å². The minimum absolute atomic E-state index is 0.0463. The molecule has 0 spiro atoms. The highest BCUT2D eigenvalue weighted by molar-refractivity contribution is 5.74. The van der Waals surface area contributed by atoms with Crippen LogP contribution in [0, 0.1) is 5.92 Å². The van der Waals surface area contributed by atoms with Crippen molar-refractivity contribution in [3.63, 3.8) is 0 Å². The van der Waals surface area contributed by atoms with Gasteiger partial charge in [-0.15, -0.1) is 0 Å². The molecule has 1 N–H and O–H groups in total. The summed E-state index contributed by atoms with van der Waals surface area (Å²) in [5.74, 6) is -0.276. The maximum atomic E-state index is 11.1. The van der Waals surface area contributed by atoms with Crippen LogP contribution >= 0.6 is 0 Å². The predicted octanol–water partition coefficient (Wildman–Crippen LogP) is 1.70. The zero-order chi connectivity index (χ0) is 15.5. The molecule has 3 atom stereocenters. The van der Waals surface area contributed by atoms with E-state index in [1.807, 2.05) is 27.7 Å². The SMILES string of the molecule is CC.CC1OCCO1.COC(=O)C1OC(O)CCC1C. The van der Waals surface area contributed by atoms with Gasteiger partial charge in [-0.1, -0.05) is 20.8 Å². The quantitative estimate of drug-likeness (QED) is 0.741. The first-order valence-corrected chi connectivity index (χ1v) is 7.19. The Kier molecular flexibility index (Phi) is 10.6. The van der Waals surface area contributed by atoms with E-state index in [9.17, 15) is 4.79 Å². The molecule has 2 saturated heterocycles. The lowest BCUT2D eigenvalue weighted by Gasteiger charge is -2.30. The fourth-order valence-electron chi connectivity index (χ4n) is 1.81. The normalized spacial score (nSPS) is 29.6. The summed E-state index contributed by atoms with van der Waals surface area (Å²) >= 11 is 0. The Hall–Kier alpha value is -0.690. The van der Waals surface area contributed by atoms with E-state index < -0.39 is 18.4 Å². The molecule has 0 amide bonds. The molecule has 6 heteroatoms. The van der Waals surface area contributed by atoms with Gasteiger partial charge in [0.1, 0.15) is 0 Å². The van der Waals surface area contributed by atoms with E-state index >= 15 is 0 Å². The molecule has 2 heterocycles. The number of methoxy groups -OCH3 is 1. The van der Waals surface area contributed by atoms with Gasteiger partial charge in [0.05, 0.1) is 20.3 Å². The van der Waals surface area contributed by atoms with Crippen LogP contribution in [0.1, 0.15) is 40.5 Å². The third-order valence-corrected chi connectivity index (χ3v) is 2.91. The monoisotopic (exact) mass is 292 g/mol. The summed E-state index contributed by atoms with van der Waals surface area (Å²) in [6.45, 7) is 9.34. The van der Waals surface area contributed by atoms with Crippen LogP contribution in [0.3, 0.4) is 0 Å². The summed E-state index contributed by atoms with van der Waals surface area (Å²) in [5.41, 5.74) is 0. The van der Waals surface area contributed by atoms with E-state index in [1.165, 1.54) is 7.11 Å². The molecule has 2 rings (SSSR count). The van der Waals surface area contributed by atoms with Gasteiger partial charge < -0.3 is 24.1 Å². The molecule has 0 aromatic rings. The first-order valence-electron chi connectivity index (χ1n) is 7.19. The van der Waals surface area contributed by atoms with Crippen LogP contribution in [0.5, 0.6) is 0 Å². The van der Waals surface area contributed by atoms with Crippen LogP contribution in [-0.2, 0) is 23.7 Å². The van der Waals surface area contributed by atoms with Crippen molar-refractivity contribution < 1.29 is 28.8 Å². The van der Waals surface area contributed by atoms with E-state index in [0.29, 0.717) is 6.42 Å². The molecular weight excluding hydrogens is 264 g/mol. The second-order valence-electron chi connectivity index (χ2n) is 4.40. The van der Waals surface area contributed by atoms with Crippen LogP contribution in [0.2, 0.25) is 0 Å². The smallest absolute Gasteiger partial charge is 0.335 e. The molecule has 0 radical (unpaired) electrons. The van der Waals surface area contributed by atoms with Crippen molar-refractivity contribution in [2.45, 2.75) is 59.2 Å². The number of ether oxygens (including phenoxy) is 4. The zero-order valence-corrected chi connectivity index (χ0v) is 13.1. The average molecular weight is 292 g/mol. The Morgan fingerprint density at radius 2 is 1.70 bits per heavy atom. The van der Waals surface area contributed by atoms with E-state index in [2.05, 4.69) is 4.74 Å². The van der Waals surface area contributed by atoms with Crippen molar-refractivity contribution in [3.8, 4) is 0 Å². The van der Waals surface area contributed by atoms with Crippen LogP contribution in [-0.4, -0.2) is 50.1 Å². The van der Waals surface area contributed by atoms with Gasteiger partial charge in [0.2, 0.25) is 0 Å². The van der Waals surface area contributed by atoms with Crippen LogP contribution in [0.15, 0.2) is 0 Å². The van der Waals surface area contributed by atoms with E-state index in [4.69, 9.17) is 19.3 Å². The number of carbonyl (C=O) groups is 1. The van der Waals surface area contributed by atoms with Crippen molar-refractivity contribution in [1.29, 1.82) is 0 Å². The van der Waals surface area contributed by atoms with Gasteiger partial charge in [0.25, 0.3) is 0 Å². The standard InChI is InChI=1S/C8H14O4.C4H8O2.C2H6/c1-5-3-4-6(9)12-7(5)8(10)11-2;1-4-5-2-3-6-4;1-2/h5-7,9H,3-4H2,1-2H3;4H,2-3H2,1H3;1-2H3. The molecule has 0 aromatic carbocycles. The van der Waals surface area contributed by atoms with E-state index in [1.54, 1.807) is 0 Å². The van der Waals surface area contributed by atoms with Crippen molar-refractivity contribution in [2.24, 2.45) is 5.92 Å². The van der Waals surface area contributed by atoms with Crippen LogP contribution in [0.25, 0.3) is 0 Å². The second kappa shape index (κ2) is 11.0. The van der Waals surface area contributed by atoms with Gasteiger partial charge in [-0.25, -0.2) is 4.79 Å². The maximum absolute atomic E-state index is 11.1. The third kappa shape index (κ3) is 7.19. The fraction of sp³-hybridized carbons (Fsp3) is 0.929. The molecule has 0 aliphatic carbocycles. The lowest BCUT2D eigenvalue weighted by Crippen LogP contribution is -2.40. The minimum Gasteiger partial charge on any atom is -0.467 e.